The van der Waals surface area contributed by atoms with E-state index in [2.05, 4.69) is 33.9 Å². The average molecular weight is 1160 g/mol. The number of hydrogen-bond acceptors (Lipinski definition) is 14. The molecule has 442 valence electrons. The largest absolute Gasteiger partial charge is 0.497 e. The fourth-order valence-corrected chi connectivity index (χ4v) is 11.5. The highest BCUT2D eigenvalue weighted by Crippen LogP contribution is 2.44. The smallest absolute Gasteiger partial charge is 0.338 e. The Hall–Kier alpha value is -6.86. The number of hydrogen-bond donors (Lipinski definition) is 1. The third-order valence-electron chi connectivity index (χ3n) is 15.8. The fourth-order valence-electron chi connectivity index (χ4n) is 10.2. The van der Waals surface area contributed by atoms with Crippen LogP contribution in [0.2, 0.25) is 18.1 Å². The lowest BCUT2D eigenvalue weighted by Gasteiger charge is -2.54. The van der Waals surface area contributed by atoms with Crippen LogP contribution in [-0.4, -0.2) is 107 Å². The maximum Gasteiger partial charge on any atom is 0.338 e. The Morgan fingerprint density at radius 2 is 0.917 bits per heavy atom. The molecular formula is C69H78O14Si. The van der Waals surface area contributed by atoms with Crippen LogP contribution in [0.15, 0.2) is 206 Å². The van der Waals surface area contributed by atoms with Gasteiger partial charge in [0.25, 0.3) is 0 Å². The molecule has 9 rings (SSSR count). The van der Waals surface area contributed by atoms with Crippen LogP contribution in [0.4, 0.5) is 0 Å². The molecule has 0 bridgehead atoms. The molecule has 84 heavy (non-hydrogen) atoms. The third kappa shape index (κ3) is 16.5. The number of aliphatic hydroxyl groups is 1. The molecule has 0 radical (unpaired) electrons. The van der Waals surface area contributed by atoms with Crippen molar-refractivity contribution in [3.8, 4) is 5.75 Å². The highest BCUT2D eigenvalue weighted by Gasteiger charge is 2.60. The van der Waals surface area contributed by atoms with Crippen LogP contribution in [0, 0.1) is 5.92 Å². The molecule has 2 heterocycles. The van der Waals surface area contributed by atoms with Crippen LogP contribution in [0.25, 0.3) is 0 Å². The first-order valence-corrected chi connectivity index (χ1v) is 31.6. The van der Waals surface area contributed by atoms with Gasteiger partial charge in [0, 0.05) is 0 Å². The maximum atomic E-state index is 14.6. The van der Waals surface area contributed by atoms with Gasteiger partial charge in [-0.15, -0.1) is 0 Å². The minimum atomic E-state index is -2.86. The minimum Gasteiger partial charge on any atom is -0.497 e. The van der Waals surface area contributed by atoms with Crippen LogP contribution in [0.1, 0.15) is 69.3 Å². The second-order valence-corrected chi connectivity index (χ2v) is 27.5. The molecule has 14 nitrogen and oxygen atoms in total. The molecule has 0 aromatic heterocycles. The number of methoxy groups -OCH3 is 1. The standard InChI is InChI=1S/C69H78O14Si/c1-69(2,3)84(5,6)83-65-63(80-56(46-74-41-48-25-13-7-14-26-48)60(75-42-49-27-15-8-16-28-49)64(65)77-44-51-31-19-10-20-32-51)59(70)58-62(76-43-50-29-17-9-18-30-50)61(82-67(72)54-35-23-12-24-36-54)57(47-78-66(71)53-33-21-11-22-34-53)81-68(58)79-45-52-37-39-55(73-4)40-38-52/h7-40,56-65,68,70H,41-47H2,1-6H3/t56-,57-,58+,59?,60-,61-,62-,63-,64+,65-,68+/m1/s1. The Balaban J connectivity index is 1.19. The summed E-state index contributed by atoms with van der Waals surface area (Å²) in [5.74, 6) is -1.91. The zero-order valence-corrected chi connectivity index (χ0v) is 49.7. The number of esters is 2. The summed E-state index contributed by atoms with van der Waals surface area (Å²) < 4.78 is 75.2. The summed E-state index contributed by atoms with van der Waals surface area (Å²) in [6, 6.07) is 63.7. The quantitative estimate of drug-likeness (QED) is 0.0404. The summed E-state index contributed by atoms with van der Waals surface area (Å²) in [7, 11) is -1.26. The Bertz CT molecular complexity index is 3060. The second kappa shape index (κ2) is 29.8. The molecule has 2 saturated heterocycles. The normalized spacial score (nSPS) is 23.0. The fraction of sp³-hybridized carbons (Fsp3) is 0.362. The lowest BCUT2D eigenvalue weighted by Crippen LogP contribution is -2.70. The third-order valence-corrected chi connectivity index (χ3v) is 20.3. The summed E-state index contributed by atoms with van der Waals surface area (Å²) in [5.41, 5.74) is 4.92. The molecule has 1 unspecified atom stereocenters. The van der Waals surface area contributed by atoms with Crippen molar-refractivity contribution in [1.29, 1.82) is 0 Å². The molecule has 15 heteroatoms. The van der Waals surface area contributed by atoms with Crippen molar-refractivity contribution in [1.82, 2.24) is 0 Å². The van der Waals surface area contributed by atoms with Gasteiger partial charge in [0.15, 0.2) is 20.7 Å². The topological polar surface area (TPSA) is 156 Å². The minimum absolute atomic E-state index is 0.000574. The summed E-state index contributed by atoms with van der Waals surface area (Å²) in [6.07, 6.45) is -11.6. The highest BCUT2D eigenvalue weighted by molar-refractivity contribution is 6.74. The van der Waals surface area contributed by atoms with Crippen LogP contribution >= 0.6 is 0 Å². The van der Waals surface area contributed by atoms with E-state index < -0.39 is 94.0 Å². The van der Waals surface area contributed by atoms with Gasteiger partial charge in [-0.3, -0.25) is 0 Å². The van der Waals surface area contributed by atoms with E-state index in [0.29, 0.717) is 11.3 Å². The van der Waals surface area contributed by atoms with Crippen molar-refractivity contribution in [2.45, 2.75) is 133 Å². The molecule has 2 aliphatic rings. The van der Waals surface area contributed by atoms with Crippen LogP contribution < -0.4 is 4.74 Å². The van der Waals surface area contributed by atoms with Crippen molar-refractivity contribution < 1.29 is 66.5 Å². The number of carbonyl (C=O) groups excluding carboxylic acids is 2. The molecule has 11 atom stereocenters. The van der Waals surface area contributed by atoms with Gasteiger partial charge in [-0.2, -0.15) is 0 Å². The van der Waals surface area contributed by atoms with Crippen molar-refractivity contribution in [3.63, 3.8) is 0 Å². The molecule has 2 fully saturated rings. The van der Waals surface area contributed by atoms with Crippen LogP contribution in [0.5, 0.6) is 5.75 Å². The molecule has 0 aliphatic carbocycles. The SMILES string of the molecule is COc1ccc(CO[C@H]2O[C@H](COC(=O)c3ccccc3)[C@@H](OC(=O)c3ccccc3)[C@H](OCc3ccccc3)[C@@H]2C(O)[C@H]2O[C@H](COCc3ccccc3)[C@@H](OCc3ccccc3)[C@H](OCc3ccccc3)[C@@H]2O[Si](C)(C)C(C)(C)C)cc1. The van der Waals surface area contributed by atoms with E-state index in [1.807, 2.05) is 146 Å². The van der Waals surface area contributed by atoms with E-state index >= 15 is 0 Å². The number of benzene rings is 7. The van der Waals surface area contributed by atoms with E-state index in [-0.39, 0.29) is 50.2 Å². The number of ether oxygens (including phenoxy) is 10. The van der Waals surface area contributed by atoms with Gasteiger partial charge < -0.3 is 56.9 Å². The van der Waals surface area contributed by atoms with Crippen molar-refractivity contribution in [2.75, 3.05) is 20.3 Å². The van der Waals surface area contributed by atoms with Gasteiger partial charge in [-0.1, -0.05) is 191 Å². The first-order valence-electron chi connectivity index (χ1n) is 28.7. The Morgan fingerprint density at radius 3 is 1.42 bits per heavy atom. The molecule has 2 aliphatic heterocycles. The van der Waals surface area contributed by atoms with Crippen molar-refractivity contribution in [3.05, 3.63) is 245 Å². The zero-order valence-electron chi connectivity index (χ0n) is 48.7. The van der Waals surface area contributed by atoms with E-state index in [9.17, 15) is 14.7 Å². The summed E-state index contributed by atoms with van der Waals surface area (Å²) in [5, 5.41) is 13.8. The number of aliphatic hydroxyl groups excluding tert-OH is 1. The van der Waals surface area contributed by atoms with Crippen molar-refractivity contribution in [2.24, 2.45) is 5.92 Å². The lowest BCUT2D eigenvalue weighted by atomic mass is 9.80. The van der Waals surface area contributed by atoms with Gasteiger partial charge in [-0.05, 0) is 82.3 Å². The van der Waals surface area contributed by atoms with Gasteiger partial charge in [0.2, 0.25) is 0 Å². The predicted octanol–water partition coefficient (Wildman–Crippen LogP) is 12.1. The van der Waals surface area contributed by atoms with Crippen molar-refractivity contribution >= 4 is 20.3 Å². The summed E-state index contributed by atoms with van der Waals surface area (Å²) in [4.78, 5) is 28.4. The van der Waals surface area contributed by atoms with Gasteiger partial charge in [0.05, 0.1) is 69.9 Å². The number of rotatable bonds is 26. The van der Waals surface area contributed by atoms with E-state index in [1.54, 1.807) is 67.8 Å². The highest BCUT2D eigenvalue weighted by atomic mass is 28.4. The van der Waals surface area contributed by atoms with Gasteiger partial charge in [0.1, 0.15) is 55.1 Å². The monoisotopic (exact) mass is 1160 g/mol. The second-order valence-electron chi connectivity index (χ2n) is 22.7. The first-order chi connectivity index (χ1) is 40.7. The Kier molecular flexibility index (Phi) is 21.9. The Labute approximate surface area is 494 Å². The van der Waals surface area contributed by atoms with E-state index in [1.165, 1.54) is 0 Å². The first kappa shape index (κ1) is 61.7. The van der Waals surface area contributed by atoms with Crippen LogP contribution in [-0.2, 0) is 80.1 Å². The Morgan fingerprint density at radius 1 is 0.488 bits per heavy atom. The molecule has 0 amide bonds. The zero-order chi connectivity index (χ0) is 58.9. The molecule has 7 aromatic carbocycles. The molecule has 0 saturated carbocycles. The molecule has 1 N–H and O–H groups in total. The van der Waals surface area contributed by atoms with Gasteiger partial charge >= 0.3 is 11.9 Å². The molecule has 7 aromatic rings. The van der Waals surface area contributed by atoms with Gasteiger partial charge in [-0.25, -0.2) is 9.59 Å². The molecule has 0 spiro atoms. The van der Waals surface area contributed by atoms with E-state index in [4.69, 9.17) is 51.8 Å². The summed E-state index contributed by atoms with van der Waals surface area (Å²) >= 11 is 0. The lowest BCUT2D eigenvalue weighted by molar-refractivity contribution is -0.331. The van der Waals surface area contributed by atoms with E-state index in [0.717, 1.165) is 27.8 Å². The molecular weight excluding hydrogens is 1080 g/mol. The average Bonchev–Trinajstić information content (AvgIpc) is 2.25. The van der Waals surface area contributed by atoms with Crippen LogP contribution in [0.3, 0.4) is 0 Å². The predicted molar refractivity (Wildman–Crippen MR) is 320 cm³/mol. The number of carbonyl (C=O) groups is 2. The maximum absolute atomic E-state index is 14.6. The summed E-state index contributed by atoms with van der Waals surface area (Å²) in [6.45, 7) is 11.0.